The number of aromatic hydroxyl groups is 3. The molecule has 0 aromatic heterocycles. The van der Waals surface area contributed by atoms with Crippen molar-refractivity contribution in [3.8, 4) is 28.7 Å². The quantitative estimate of drug-likeness (QED) is 0.151. The molecule has 0 radical (unpaired) electrons. The van der Waals surface area contributed by atoms with Gasteiger partial charge in [0.15, 0.2) is 41.5 Å². The van der Waals surface area contributed by atoms with Crippen LogP contribution in [0.4, 0.5) is 0 Å². The van der Waals surface area contributed by atoms with Gasteiger partial charge in [-0.3, -0.25) is 4.79 Å². The molecule has 16 heteroatoms. The van der Waals surface area contributed by atoms with Gasteiger partial charge in [-0.05, 0) is 31.2 Å². The molecule has 2 aromatic rings. The summed E-state index contributed by atoms with van der Waals surface area (Å²) >= 11 is 0. The molecule has 0 spiro atoms. The van der Waals surface area contributed by atoms with Gasteiger partial charge in [-0.15, -0.1) is 0 Å². The number of benzene rings is 2. The van der Waals surface area contributed by atoms with Crippen LogP contribution in [0.15, 0.2) is 30.3 Å². The summed E-state index contributed by atoms with van der Waals surface area (Å²) in [5.41, 5.74) is -0.0334. The second-order valence-electron chi connectivity index (χ2n) is 10.5. The van der Waals surface area contributed by atoms with E-state index in [0.717, 1.165) is 12.1 Å². The second-order valence-corrected chi connectivity index (χ2v) is 10.5. The van der Waals surface area contributed by atoms with Crippen LogP contribution in [0, 0.1) is 0 Å². The van der Waals surface area contributed by atoms with Gasteiger partial charge in [-0.25, -0.2) is 0 Å². The van der Waals surface area contributed by atoms with E-state index < -0.39 is 103 Å². The number of fused-ring (bicyclic) bond motifs is 1. The van der Waals surface area contributed by atoms with Crippen molar-refractivity contribution < 1.29 is 79.5 Å². The minimum absolute atomic E-state index is 0.00911. The zero-order chi connectivity index (χ0) is 31.3. The van der Waals surface area contributed by atoms with E-state index in [-0.39, 0.29) is 22.6 Å². The average molecular weight is 613 g/mol. The van der Waals surface area contributed by atoms with E-state index in [1.807, 2.05) is 0 Å². The molecule has 3 aliphatic heterocycles. The fourth-order valence-electron chi connectivity index (χ4n) is 5.17. The highest BCUT2D eigenvalue weighted by atomic mass is 16.7. The molecule has 2 fully saturated rings. The maximum Gasteiger partial charge on any atom is 0.229 e. The van der Waals surface area contributed by atoms with Crippen LogP contribution >= 0.6 is 0 Å². The number of hydrogen-bond acceptors (Lipinski definition) is 16. The average Bonchev–Trinajstić information content (AvgIpc) is 2.98. The lowest BCUT2D eigenvalue weighted by atomic mass is 9.93. The predicted octanol–water partition coefficient (Wildman–Crippen LogP) is -2.49. The van der Waals surface area contributed by atoms with Crippen molar-refractivity contribution in [2.75, 3.05) is 6.61 Å². The van der Waals surface area contributed by atoms with Gasteiger partial charge in [-0.1, -0.05) is 0 Å². The summed E-state index contributed by atoms with van der Waals surface area (Å²) in [6.07, 6.45) is -18.3. The molecule has 43 heavy (non-hydrogen) atoms. The van der Waals surface area contributed by atoms with Crippen LogP contribution in [0.3, 0.4) is 0 Å². The van der Waals surface area contributed by atoms with Crippen molar-refractivity contribution in [3.63, 3.8) is 0 Å². The van der Waals surface area contributed by atoms with Crippen LogP contribution in [-0.2, 0) is 14.2 Å². The van der Waals surface area contributed by atoms with Gasteiger partial charge in [0, 0.05) is 11.6 Å². The highest BCUT2D eigenvalue weighted by Crippen LogP contribution is 2.43. The number of aliphatic hydroxyl groups excluding tert-OH is 7. The first-order chi connectivity index (χ1) is 20.3. The van der Waals surface area contributed by atoms with Crippen LogP contribution in [0.5, 0.6) is 28.7 Å². The molecular weight excluding hydrogens is 580 g/mol. The largest absolute Gasteiger partial charge is 0.504 e. The molecule has 236 valence electrons. The Kier molecular flexibility index (Phi) is 8.70. The summed E-state index contributed by atoms with van der Waals surface area (Å²) in [5, 5.41) is 101. The first kappa shape index (κ1) is 31.1. The molecule has 5 rings (SSSR count). The maximum absolute atomic E-state index is 12.8. The molecule has 0 amide bonds. The Morgan fingerprint density at radius 1 is 0.814 bits per heavy atom. The Labute approximate surface area is 243 Å². The number of Topliss-reactive ketones (excluding diaryl/α,β-unsaturated/α-hetero) is 1. The number of ketones is 1. The third kappa shape index (κ3) is 5.69. The van der Waals surface area contributed by atoms with Gasteiger partial charge in [-0.2, -0.15) is 0 Å². The van der Waals surface area contributed by atoms with Gasteiger partial charge in [0.2, 0.25) is 6.29 Å². The van der Waals surface area contributed by atoms with Gasteiger partial charge in [0.05, 0.1) is 18.3 Å². The fraction of sp³-hybridized carbons (Fsp3) is 0.519. The van der Waals surface area contributed by atoms with Crippen molar-refractivity contribution in [1.29, 1.82) is 0 Å². The summed E-state index contributed by atoms with van der Waals surface area (Å²) in [6, 6.07) is 5.90. The molecule has 10 N–H and O–H groups in total. The van der Waals surface area contributed by atoms with E-state index in [9.17, 15) is 55.9 Å². The third-order valence-electron chi connectivity index (χ3n) is 7.62. The van der Waals surface area contributed by atoms with Crippen molar-refractivity contribution in [2.45, 2.75) is 80.5 Å². The smallest absolute Gasteiger partial charge is 0.229 e. The predicted molar refractivity (Wildman–Crippen MR) is 137 cm³/mol. The number of phenolic OH excluding ortho intramolecular Hbond substituents is 3. The van der Waals surface area contributed by atoms with Crippen LogP contribution in [-0.4, -0.2) is 131 Å². The van der Waals surface area contributed by atoms with E-state index in [2.05, 4.69) is 0 Å². The third-order valence-corrected chi connectivity index (χ3v) is 7.62. The van der Waals surface area contributed by atoms with Crippen molar-refractivity contribution >= 4 is 5.78 Å². The van der Waals surface area contributed by atoms with E-state index in [1.165, 1.54) is 25.1 Å². The van der Waals surface area contributed by atoms with E-state index >= 15 is 0 Å². The molecule has 3 aliphatic rings. The zero-order valence-electron chi connectivity index (χ0n) is 22.4. The summed E-state index contributed by atoms with van der Waals surface area (Å²) in [6.45, 7) is 0.765. The molecule has 16 nitrogen and oxygen atoms in total. The molecule has 2 unspecified atom stereocenters. The number of hydrogen-bond donors (Lipinski definition) is 10. The van der Waals surface area contributed by atoms with Gasteiger partial charge in [0.1, 0.15) is 54.2 Å². The monoisotopic (exact) mass is 612 g/mol. The standard InChI is InChI=1S/C27H32O16/c1-8-24(43-27-22(37)19(34)18(33)15(7-28)42-27)21(36)23(38)26(39-8)40-10-2-3-11-14(6-10)41-25(20(35)16(11)31)9-4-12(29)17(32)13(30)5-9/h2-6,8,15,18-30,32-38H,7H2,1H3/t8-,15+,18+,19-,20?,21-,22+,23+,24-,25?,26-,27-/m0/s1. The van der Waals surface area contributed by atoms with Crippen molar-refractivity contribution in [2.24, 2.45) is 0 Å². The number of ether oxygens (including phenoxy) is 5. The number of aliphatic hydroxyl groups is 7. The Hall–Kier alpha value is -3.29. The van der Waals surface area contributed by atoms with Gasteiger partial charge < -0.3 is 74.7 Å². The topological polar surface area (TPSA) is 266 Å². The van der Waals surface area contributed by atoms with E-state index in [0.29, 0.717) is 0 Å². The molecule has 0 aliphatic carbocycles. The van der Waals surface area contributed by atoms with Crippen LogP contribution in [0.2, 0.25) is 0 Å². The van der Waals surface area contributed by atoms with Gasteiger partial charge >= 0.3 is 0 Å². The molecule has 3 heterocycles. The lowest BCUT2D eigenvalue weighted by Gasteiger charge is -2.45. The van der Waals surface area contributed by atoms with Crippen LogP contribution in [0.1, 0.15) is 28.9 Å². The molecule has 2 saturated heterocycles. The summed E-state index contributed by atoms with van der Waals surface area (Å²) in [7, 11) is 0. The number of carbonyl (C=O) groups excluding carboxylic acids is 1. The Morgan fingerprint density at radius 2 is 1.47 bits per heavy atom. The summed E-state index contributed by atoms with van der Waals surface area (Å²) in [4.78, 5) is 12.8. The van der Waals surface area contributed by atoms with E-state index in [4.69, 9.17) is 23.7 Å². The minimum atomic E-state index is -1.75. The van der Waals surface area contributed by atoms with Crippen molar-refractivity contribution in [1.82, 2.24) is 0 Å². The first-order valence-electron chi connectivity index (χ1n) is 13.2. The maximum atomic E-state index is 12.8. The fourth-order valence-corrected chi connectivity index (χ4v) is 5.17. The normalized spacial score (nSPS) is 37.8. The lowest BCUT2D eigenvalue weighted by molar-refractivity contribution is -0.348. The highest BCUT2D eigenvalue weighted by molar-refractivity contribution is 6.03. The number of rotatable bonds is 6. The highest BCUT2D eigenvalue weighted by Gasteiger charge is 2.50. The van der Waals surface area contributed by atoms with Crippen LogP contribution in [0.25, 0.3) is 0 Å². The minimum Gasteiger partial charge on any atom is -0.504 e. The van der Waals surface area contributed by atoms with Crippen LogP contribution < -0.4 is 9.47 Å². The Balaban J connectivity index is 1.30. The first-order valence-corrected chi connectivity index (χ1v) is 13.2. The number of phenols is 3. The molecule has 2 aromatic carbocycles. The Morgan fingerprint density at radius 3 is 2.12 bits per heavy atom. The summed E-state index contributed by atoms with van der Waals surface area (Å²) in [5.74, 6) is -2.99. The molecule has 0 bridgehead atoms. The molecule has 0 saturated carbocycles. The SMILES string of the molecule is C[C@@H]1O[C@@H](Oc2ccc3c(c2)OC(c2cc(O)c(O)c(O)c2)C(O)C3=O)[C@H](O)[C@H](O)[C@H]1O[C@@H]1O[C@H](CO)[C@@H](O)[C@H](O)[C@H]1O. The van der Waals surface area contributed by atoms with E-state index in [1.54, 1.807) is 0 Å². The molecule has 12 atom stereocenters. The van der Waals surface area contributed by atoms with Gasteiger partial charge in [0.25, 0.3) is 0 Å². The second kappa shape index (κ2) is 12.0. The molecular formula is C27H32O16. The summed E-state index contributed by atoms with van der Waals surface area (Å²) < 4.78 is 28.1. The lowest BCUT2D eigenvalue weighted by Crippen LogP contribution is -2.64. The number of carbonyl (C=O) groups is 1. The van der Waals surface area contributed by atoms with Crippen molar-refractivity contribution in [3.05, 3.63) is 41.5 Å². The zero-order valence-corrected chi connectivity index (χ0v) is 22.4. The Bertz CT molecular complexity index is 1310.